The number of amides is 1. The quantitative estimate of drug-likeness (QED) is 0.634. The second-order valence-electron chi connectivity index (χ2n) is 6.33. The molecule has 3 N–H and O–H groups in total. The Balaban J connectivity index is 1.59. The monoisotopic (exact) mass is 355 g/mol. The molecule has 130 valence electrons. The van der Waals surface area contributed by atoms with Crippen LogP contribution in [-0.4, -0.2) is 38.1 Å². The summed E-state index contributed by atoms with van der Waals surface area (Å²) in [6.07, 6.45) is 5.88. The van der Waals surface area contributed by atoms with Crippen LogP contribution in [0, 0.1) is 0 Å². The molecule has 1 aliphatic carbocycles. The number of nitrogens with zero attached hydrogens (tertiary/aromatic N) is 2. The average molecular weight is 355 g/mol. The van der Waals surface area contributed by atoms with Crippen molar-refractivity contribution in [2.45, 2.75) is 31.7 Å². The van der Waals surface area contributed by atoms with E-state index in [4.69, 9.17) is 0 Å². The molecule has 0 fully saturated rings. The predicted molar refractivity (Wildman–Crippen MR) is 99.9 cm³/mol. The number of carbonyl (C=O) groups is 1. The minimum Gasteiger partial charge on any atom is -0.341 e. The van der Waals surface area contributed by atoms with E-state index in [0.29, 0.717) is 5.69 Å². The number of benzene rings is 1. The zero-order valence-corrected chi connectivity index (χ0v) is 14.9. The maximum absolute atomic E-state index is 12.8. The number of hydrogen-bond acceptors (Lipinski definition) is 4. The molecule has 1 aromatic carbocycles. The normalized spacial score (nSPS) is 14.6. The van der Waals surface area contributed by atoms with Crippen LogP contribution >= 0.6 is 11.8 Å². The third kappa shape index (κ3) is 3.16. The summed E-state index contributed by atoms with van der Waals surface area (Å²) in [5.74, 6) is 1.63. The molecule has 7 heteroatoms. The number of nitrogens with one attached hydrogen (secondary N) is 3. The Hall–Kier alpha value is -2.28. The highest BCUT2D eigenvalue weighted by atomic mass is 32.2. The van der Waals surface area contributed by atoms with Crippen molar-refractivity contribution in [1.82, 2.24) is 25.5 Å². The summed E-state index contributed by atoms with van der Waals surface area (Å²) in [4.78, 5) is 20.8. The molecule has 0 aliphatic heterocycles. The molecule has 1 amide bonds. The lowest BCUT2D eigenvalue weighted by Crippen LogP contribution is -2.30. The molecule has 0 radical (unpaired) electrons. The highest BCUT2D eigenvalue weighted by Gasteiger charge is 2.26. The number of aryl methyl sites for hydroxylation is 1. The molecule has 0 bridgehead atoms. The van der Waals surface area contributed by atoms with Crippen LogP contribution in [0.3, 0.4) is 0 Å². The maximum Gasteiger partial charge on any atom is 0.272 e. The van der Waals surface area contributed by atoms with E-state index >= 15 is 0 Å². The van der Waals surface area contributed by atoms with Gasteiger partial charge in [0.2, 0.25) is 0 Å². The van der Waals surface area contributed by atoms with Crippen LogP contribution in [0.2, 0.25) is 0 Å². The molecule has 25 heavy (non-hydrogen) atoms. The van der Waals surface area contributed by atoms with Crippen molar-refractivity contribution in [3.63, 3.8) is 0 Å². The maximum atomic E-state index is 12.8. The smallest absolute Gasteiger partial charge is 0.272 e. The van der Waals surface area contributed by atoms with E-state index in [0.717, 1.165) is 59.6 Å². The highest BCUT2D eigenvalue weighted by Crippen LogP contribution is 2.24. The topological polar surface area (TPSA) is 86.5 Å². The van der Waals surface area contributed by atoms with E-state index in [-0.39, 0.29) is 11.9 Å². The molecule has 2 aromatic heterocycles. The number of para-hydroxylation sites is 2. The fourth-order valence-electron chi connectivity index (χ4n) is 3.38. The second-order valence-corrected chi connectivity index (χ2v) is 7.32. The molecule has 0 unspecified atom stereocenters. The predicted octanol–water partition coefficient (Wildman–Crippen LogP) is 3.00. The largest absolute Gasteiger partial charge is 0.341 e. The Bertz CT molecular complexity index is 867. The van der Waals surface area contributed by atoms with Crippen LogP contribution in [-0.2, 0) is 12.8 Å². The lowest BCUT2D eigenvalue weighted by atomic mass is 10.1. The van der Waals surface area contributed by atoms with Gasteiger partial charge in [0.15, 0.2) is 5.69 Å². The lowest BCUT2D eigenvalue weighted by molar-refractivity contribution is 0.0928. The minimum absolute atomic E-state index is 0.119. The number of imidazole rings is 1. The summed E-state index contributed by atoms with van der Waals surface area (Å²) in [6.45, 7) is 0. The van der Waals surface area contributed by atoms with Crippen LogP contribution in [0.25, 0.3) is 11.0 Å². The van der Waals surface area contributed by atoms with Crippen LogP contribution in [0.15, 0.2) is 24.3 Å². The van der Waals surface area contributed by atoms with Gasteiger partial charge in [0.05, 0.1) is 17.1 Å². The molecule has 1 aliphatic rings. The summed E-state index contributed by atoms with van der Waals surface area (Å²) < 4.78 is 0. The number of H-pyrrole nitrogens is 2. The third-order valence-electron chi connectivity index (χ3n) is 4.68. The fraction of sp³-hybridized carbons (Fsp3) is 0.389. The van der Waals surface area contributed by atoms with Gasteiger partial charge in [-0.05, 0) is 49.8 Å². The van der Waals surface area contributed by atoms with E-state index in [1.165, 1.54) is 0 Å². The first-order valence-corrected chi connectivity index (χ1v) is 9.96. The van der Waals surface area contributed by atoms with Gasteiger partial charge in [0.1, 0.15) is 5.82 Å². The zero-order valence-electron chi connectivity index (χ0n) is 14.1. The molecular weight excluding hydrogens is 334 g/mol. The van der Waals surface area contributed by atoms with E-state index in [1.54, 1.807) is 11.8 Å². The van der Waals surface area contributed by atoms with Crippen molar-refractivity contribution >= 4 is 28.7 Å². The first-order valence-electron chi connectivity index (χ1n) is 8.57. The van der Waals surface area contributed by atoms with Crippen LogP contribution < -0.4 is 5.32 Å². The van der Waals surface area contributed by atoms with Crippen molar-refractivity contribution < 1.29 is 4.79 Å². The van der Waals surface area contributed by atoms with Crippen molar-refractivity contribution in [3.8, 4) is 0 Å². The first-order chi connectivity index (χ1) is 12.3. The van der Waals surface area contributed by atoms with Crippen LogP contribution in [0.5, 0.6) is 0 Å². The molecular formula is C18H21N5OS. The molecule has 1 atom stereocenters. The van der Waals surface area contributed by atoms with Gasteiger partial charge in [-0.3, -0.25) is 9.89 Å². The molecule has 6 nitrogen and oxygen atoms in total. The summed E-state index contributed by atoms with van der Waals surface area (Å²) in [7, 11) is 0. The standard InChI is InChI=1S/C18H21N5OS/c1-25-10-9-15(17-19-13-6-2-3-7-14(13)20-17)21-18(24)16-11-5-4-8-12(11)22-23-16/h2-3,6-7,15H,4-5,8-10H2,1H3,(H,19,20)(H,21,24)(H,22,23)/t15-/m0/s1. The van der Waals surface area contributed by atoms with Crippen molar-refractivity contribution in [2.24, 2.45) is 0 Å². The minimum atomic E-state index is -0.152. The van der Waals surface area contributed by atoms with Gasteiger partial charge < -0.3 is 10.3 Å². The van der Waals surface area contributed by atoms with Gasteiger partial charge in [0.25, 0.3) is 5.91 Å². The molecule has 2 heterocycles. The average Bonchev–Trinajstić information content (AvgIpc) is 3.32. The van der Waals surface area contributed by atoms with Gasteiger partial charge >= 0.3 is 0 Å². The number of rotatable bonds is 6. The van der Waals surface area contributed by atoms with Crippen molar-refractivity contribution in [2.75, 3.05) is 12.0 Å². The second kappa shape index (κ2) is 6.92. The molecule has 0 saturated heterocycles. The number of hydrogen-bond donors (Lipinski definition) is 3. The van der Waals surface area contributed by atoms with E-state index in [2.05, 4.69) is 31.7 Å². The van der Waals surface area contributed by atoms with E-state index < -0.39 is 0 Å². The summed E-state index contributed by atoms with van der Waals surface area (Å²) in [6, 6.07) is 7.77. The van der Waals surface area contributed by atoms with Gasteiger partial charge in [0, 0.05) is 11.3 Å². The number of carbonyl (C=O) groups excluding carboxylic acids is 1. The Morgan fingerprint density at radius 2 is 2.24 bits per heavy atom. The Kier molecular flexibility index (Phi) is 4.48. The van der Waals surface area contributed by atoms with E-state index in [1.807, 2.05) is 24.3 Å². The first kappa shape index (κ1) is 16.2. The Morgan fingerprint density at radius 1 is 1.36 bits per heavy atom. The number of aromatic amines is 2. The van der Waals surface area contributed by atoms with Crippen molar-refractivity contribution in [1.29, 1.82) is 0 Å². The molecule has 4 rings (SSSR count). The van der Waals surface area contributed by atoms with Gasteiger partial charge in [-0.15, -0.1) is 0 Å². The SMILES string of the molecule is CSCC[C@H](NC(=O)c1n[nH]c2c1CCC2)c1nc2ccccc2[nH]1. The molecule has 0 saturated carbocycles. The third-order valence-corrected chi connectivity index (χ3v) is 5.32. The summed E-state index contributed by atoms with van der Waals surface area (Å²) in [5, 5.41) is 10.4. The van der Waals surface area contributed by atoms with Gasteiger partial charge in [-0.2, -0.15) is 16.9 Å². The van der Waals surface area contributed by atoms with Gasteiger partial charge in [-0.25, -0.2) is 4.98 Å². The molecule has 0 spiro atoms. The van der Waals surface area contributed by atoms with E-state index in [9.17, 15) is 4.79 Å². The number of thioether (sulfide) groups is 1. The Labute approximate surface area is 150 Å². The van der Waals surface area contributed by atoms with Crippen molar-refractivity contribution in [3.05, 3.63) is 47.0 Å². The van der Waals surface area contributed by atoms with Crippen LogP contribution in [0.1, 0.15) is 46.5 Å². The summed E-state index contributed by atoms with van der Waals surface area (Å²) >= 11 is 1.76. The number of aromatic nitrogens is 4. The number of fused-ring (bicyclic) bond motifs is 2. The zero-order chi connectivity index (χ0) is 17.2. The van der Waals surface area contributed by atoms with Gasteiger partial charge in [-0.1, -0.05) is 12.1 Å². The molecule has 3 aromatic rings. The highest BCUT2D eigenvalue weighted by molar-refractivity contribution is 7.98. The fourth-order valence-corrected chi connectivity index (χ4v) is 3.86. The summed E-state index contributed by atoms with van der Waals surface area (Å²) in [5.41, 5.74) is 4.63. The lowest BCUT2D eigenvalue weighted by Gasteiger charge is -2.16. The Morgan fingerprint density at radius 3 is 3.08 bits per heavy atom. The van der Waals surface area contributed by atoms with Crippen LogP contribution in [0.4, 0.5) is 0 Å².